The number of carbonyl (C=O) groups is 4. The minimum atomic E-state index is -0.746. The lowest BCUT2D eigenvalue weighted by atomic mass is 9.85. The Hall–Kier alpha value is -6.55. The SMILES string of the molecule is Cc1ncsc1-c1ccc(CNC(=O)[C@@H]2CCCN2C(=O)[C@@H](NC(=O)CCCCCCCC(=O)N2CCC(Cc3cccc(N4C5CCC4CN(c4cc(-c6ccccc6O)nnc4N)C5)c3)CC2)C(C)(C)C)cc1. The number of likely N-dealkylation sites (tertiary alicyclic amines) is 2. The van der Waals surface area contributed by atoms with E-state index in [1.165, 1.54) is 11.3 Å². The van der Waals surface area contributed by atoms with Crippen molar-refractivity contribution in [3.8, 4) is 27.4 Å². The van der Waals surface area contributed by atoms with Gasteiger partial charge in [-0.2, -0.15) is 0 Å². The molecule has 15 nitrogen and oxygen atoms in total. The third kappa shape index (κ3) is 12.9. The van der Waals surface area contributed by atoms with Gasteiger partial charge in [-0.05, 0) is 123 Å². The van der Waals surface area contributed by atoms with E-state index in [0.717, 1.165) is 118 Å². The van der Waals surface area contributed by atoms with Gasteiger partial charge in [-0.1, -0.05) is 88.6 Å². The number of rotatable bonds is 19. The number of nitrogen functional groups attached to an aromatic ring is 1. The number of phenols is 1. The molecule has 2 bridgehead atoms. The van der Waals surface area contributed by atoms with Crippen LogP contribution in [0.4, 0.5) is 17.2 Å². The molecule has 4 saturated heterocycles. The molecule has 0 saturated carbocycles. The molecule has 4 fully saturated rings. The predicted molar refractivity (Wildman–Crippen MR) is 297 cm³/mol. The van der Waals surface area contributed by atoms with E-state index in [9.17, 15) is 24.3 Å². The van der Waals surface area contributed by atoms with Crippen molar-refractivity contribution in [1.82, 2.24) is 35.6 Å². The zero-order valence-electron chi connectivity index (χ0n) is 44.3. The summed E-state index contributed by atoms with van der Waals surface area (Å²) >= 11 is 1.61. The maximum atomic E-state index is 14.1. The van der Waals surface area contributed by atoms with E-state index >= 15 is 0 Å². The average Bonchev–Trinajstić information content (AvgIpc) is 4.15. The second-order valence-corrected chi connectivity index (χ2v) is 23.3. The number of thiazole rings is 1. The molecule has 4 amide bonds. The van der Waals surface area contributed by atoms with Crippen LogP contribution in [0.25, 0.3) is 21.7 Å². The average molecular weight is 1040 g/mol. The number of piperazine rings is 1. The highest BCUT2D eigenvalue weighted by molar-refractivity contribution is 7.13. The number of piperidine rings is 1. The molecule has 2 aromatic heterocycles. The molecule has 0 spiro atoms. The quantitative estimate of drug-likeness (QED) is 0.0578. The number of anilines is 3. The van der Waals surface area contributed by atoms with Gasteiger partial charge in [-0.15, -0.1) is 21.5 Å². The lowest BCUT2D eigenvalue weighted by molar-refractivity contribution is -0.143. The van der Waals surface area contributed by atoms with E-state index in [-0.39, 0.29) is 29.4 Å². The van der Waals surface area contributed by atoms with Crippen LogP contribution in [0.3, 0.4) is 0 Å². The monoisotopic (exact) mass is 1040 g/mol. The minimum absolute atomic E-state index is 0.152. The third-order valence-electron chi connectivity index (χ3n) is 16.0. The van der Waals surface area contributed by atoms with Gasteiger partial charge >= 0.3 is 0 Å². The fraction of sp³-hybridized carbons (Fsp3) is 0.508. The summed E-state index contributed by atoms with van der Waals surface area (Å²) in [5.41, 5.74) is 15.5. The summed E-state index contributed by atoms with van der Waals surface area (Å²) in [5.74, 6) is 0.818. The predicted octanol–water partition coefficient (Wildman–Crippen LogP) is 9.07. The van der Waals surface area contributed by atoms with Crippen LogP contribution in [0.1, 0.15) is 121 Å². The molecule has 0 radical (unpaired) electrons. The van der Waals surface area contributed by atoms with Gasteiger partial charge in [0.15, 0.2) is 5.82 Å². The Labute approximate surface area is 446 Å². The highest BCUT2D eigenvalue weighted by Gasteiger charge is 2.43. The molecule has 5 N–H and O–H groups in total. The zero-order chi connectivity index (χ0) is 52.6. The topological polar surface area (TPSA) is 190 Å². The number of hydrogen-bond acceptors (Lipinski definition) is 12. The normalized spacial score (nSPS) is 19.3. The Morgan fingerprint density at radius 1 is 0.813 bits per heavy atom. The summed E-state index contributed by atoms with van der Waals surface area (Å²) < 4.78 is 0. The molecular formula is C59H76N10O5S. The molecule has 4 aliphatic rings. The number of aromatic nitrogens is 3. The van der Waals surface area contributed by atoms with Crippen molar-refractivity contribution in [2.75, 3.05) is 48.3 Å². The van der Waals surface area contributed by atoms with E-state index in [0.29, 0.717) is 73.8 Å². The standard InChI is InChI=1S/C59H76N10O5S/c1-39-54(75-38-62-39)43-23-21-41(22-24-43)35-61-57(73)49-17-13-29-68(49)58(74)55(59(2,3)4)63-52(71)19-8-6-5-7-9-20-53(72)66-30-27-40(28-31-66)32-42-14-12-15-44(33-42)69-45-25-26-46(69)37-67(36-45)50-34-48(64-65-56(50)60)47-16-10-11-18-51(47)70/h10-12,14-16,18,21-24,33-34,38,40,45-46,49,55,70H,5-9,13,17,19-20,25-32,35-37H2,1-4H3,(H2,60,65)(H,61,73)(H,63,71)/t45?,46?,49-,55+/m0/s1. The summed E-state index contributed by atoms with van der Waals surface area (Å²) in [7, 11) is 0. The summed E-state index contributed by atoms with van der Waals surface area (Å²) in [6, 6.07) is 25.7. The van der Waals surface area contributed by atoms with Crippen LogP contribution >= 0.6 is 11.3 Å². The molecule has 16 heteroatoms. The van der Waals surface area contributed by atoms with Gasteiger partial charge in [-0.3, -0.25) is 19.2 Å². The number of para-hydroxylation sites is 1. The van der Waals surface area contributed by atoms with Gasteiger partial charge in [0, 0.05) is 75.4 Å². The van der Waals surface area contributed by atoms with Gasteiger partial charge in [0.2, 0.25) is 23.6 Å². The van der Waals surface area contributed by atoms with E-state index in [4.69, 9.17) is 5.73 Å². The molecule has 0 aliphatic carbocycles. The number of phenolic OH excluding ortho intramolecular Hbond substituents is 1. The van der Waals surface area contributed by atoms with Crippen LogP contribution < -0.4 is 26.2 Å². The smallest absolute Gasteiger partial charge is 0.246 e. The third-order valence-corrected chi connectivity index (χ3v) is 17.0. The highest BCUT2D eigenvalue weighted by Crippen LogP contribution is 2.40. The second kappa shape index (κ2) is 24.0. The van der Waals surface area contributed by atoms with Gasteiger partial charge in [0.1, 0.15) is 17.8 Å². The first-order chi connectivity index (χ1) is 36.2. The Balaban J connectivity index is 0.655. The first kappa shape index (κ1) is 53.3. The van der Waals surface area contributed by atoms with Crippen molar-refractivity contribution in [3.63, 3.8) is 0 Å². The number of nitrogens with two attached hydrogens (primary N) is 1. The summed E-state index contributed by atoms with van der Waals surface area (Å²) in [5, 5.41) is 25.1. The minimum Gasteiger partial charge on any atom is -0.507 e. The number of unbranched alkanes of at least 4 members (excludes halogenated alkanes) is 4. The maximum Gasteiger partial charge on any atom is 0.246 e. The molecule has 398 valence electrons. The van der Waals surface area contributed by atoms with E-state index in [2.05, 4.69) is 64.8 Å². The lowest BCUT2D eigenvalue weighted by Crippen LogP contribution is -2.57. The van der Waals surface area contributed by atoms with Crippen LogP contribution in [0, 0.1) is 18.3 Å². The van der Waals surface area contributed by atoms with Crippen LogP contribution in [-0.4, -0.2) is 111 Å². The van der Waals surface area contributed by atoms with Crippen LogP contribution in [-0.2, 0) is 32.1 Å². The van der Waals surface area contributed by atoms with Gasteiger partial charge in [0.05, 0.1) is 27.5 Å². The summed E-state index contributed by atoms with van der Waals surface area (Å²) in [4.78, 5) is 68.2. The fourth-order valence-corrected chi connectivity index (χ4v) is 12.6. The molecule has 3 aromatic carbocycles. The Kier molecular flexibility index (Phi) is 17.0. The molecule has 4 aliphatic heterocycles. The van der Waals surface area contributed by atoms with Crippen molar-refractivity contribution in [1.29, 1.82) is 0 Å². The number of aromatic hydroxyl groups is 1. The van der Waals surface area contributed by atoms with Crippen LogP contribution in [0.15, 0.2) is 84.4 Å². The number of nitrogens with zero attached hydrogens (tertiary/aromatic N) is 7. The summed E-state index contributed by atoms with van der Waals surface area (Å²) in [6.45, 7) is 12.0. The van der Waals surface area contributed by atoms with E-state index < -0.39 is 17.5 Å². The number of aryl methyl sites for hydroxylation is 1. The van der Waals surface area contributed by atoms with Crippen molar-refractivity contribution in [3.05, 3.63) is 101 Å². The lowest BCUT2D eigenvalue weighted by Gasteiger charge is -2.43. The van der Waals surface area contributed by atoms with Gasteiger partial charge in [0.25, 0.3) is 0 Å². The van der Waals surface area contributed by atoms with Crippen molar-refractivity contribution < 1.29 is 24.3 Å². The van der Waals surface area contributed by atoms with Crippen molar-refractivity contribution >= 4 is 52.2 Å². The first-order valence-electron chi connectivity index (χ1n) is 27.4. The van der Waals surface area contributed by atoms with Crippen molar-refractivity contribution in [2.45, 2.75) is 148 Å². The van der Waals surface area contributed by atoms with Gasteiger partial charge in [-0.25, -0.2) is 4.98 Å². The molecular weight excluding hydrogens is 961 g/mol. The number of benzene rings is 3. The largest absolute Gasteiger partial charge is 0.507 e. The Morgan fingerprint density at radius 2 is 1.53 bits per heavy atom. The number of nitrogens with one attached hydrogen (secondary N) is 2. The molecule has 5 aromatic rings. The maximum absolute atomic E-state index is 14.1. The molecule has 75 heavy (non-hydrogen) atoms. The number of carbonyl (C=O) groups excluding carboxylic acids is 4. The number of amides is 4. The van der Waals surface area contributed by atoms with E-state index in [1.54, 1.807) is 28.4 Å². The number of hydrogen-bond donors (Lipinski definition) is 4. The molecule has 6 heterocycles. The molecule has 9 rings (SSSR count). The van der Waals surface area contributed by atoms with Crippen LogP contribution in [0.2, 0.25) is 0 Å². The molecule has 4 atom stereocenters. The van der Waals surface area contributed by atoms with Crippen LogP contribution in [0.5, 0.6) is 5.75 Å². The summed E-state index contributed by atoms with van der Waals surface area (Å²) in [6.07, 6.45) is 11.8. The fourth-order valence-electron chi connectivity index (χ4n) is 11.8. The Morgan fingerprint density at radius 3 is 2.24 bits per heavy atom. The highest BCUT2D eigenvalue weighted by atomic mass is 32.1. The first-order valence-corrected chi connectivity index (χ1v) is 28.3. The zero-order valence-corrected chi connectivity index (χ0v) is 45.1. The molecule has 2 unspecified atom stereocenters. The van der Waals surface area contributed by atoms with Crippen molar-refractivity contribution in [2.24, 2.45) is 11.3 Å². The van der Waals surface area contributed by atoms with Gasteiger partial charge < -0.3 is 41.1 Å². The number of fused-ring (bicyclic) bond motifs is 2. The van der Waals surface area contributed by atoms with E-state index in [1.807, 2.05) is 75.7 Å². The second-order valence-electron chi connectivity index (χ2n) is 22.4. The Bertz CT molecular complexity index is 2770.